The van der Waals surface area contributed by atoms with Crippen LogP contribution in [-0.4, -0.2) is 5.84 Å². The lowest BCUT2D eigenvalue weighted by Gasteiger charge is -2.32. The van der Waals surface area contributed by atoms with Gasteiger partial charge in [0.15, 0.2) is 0 Å². The maximum atomic E-state index is 6.46. The van der Waals surface area contributed by atoms with E-state index in [-0.39, 0.29) is 12.3 Å². The molecule has 2 unspecified atom stereocenters. The minimum Gasteiger partial charge on any atom is -0.456 e. The van der Waals surface area contributed by atoms with Gasteiger partial charge < -0.3 is 9.73 Å². The van der Waals surface area contributed by atoms with Gasteiger partial charge in [-0.05, 0) is 68.4 Å². The topological polar surface area (TPSA) is 49.6 Å². The molecule has 4 nitrogen and oxygen atoms in total. The molecule has 1 aliphatic rings. The van der Waals surface area contributed by atoms with Gasteiger partial charge in [-0.2, -0.15) is 0 Å². The van der Waals surface area contributed by atoms with E-state index in [1.54, 1.807) is 0 Å². The Morgan fingerprint density at radius 2 is 1.19 bits per heavy atom. The molecule has 1 aliphatic heterocycles. The molecule has 0 spiro atoms. The minimum atomic E-state index is -0.164. The molecule has 1 aromatic heterocycles. The van der Waals surface area contributed by atoms with Crippen molar-refractivity contribution in [2.75, 3.05) is 0 Å². The van der Waals surface area contributed by atoms with E-state index < -0.39 is 0 Å². The van der Waals surface area contributed by atoms with Gasteiger partial charge in [0.05, 0.1) is 0 Å². The van der Waals surface area contributed by atoms with Crippen molar-refractivity contribution in [2.45, 2.75) is 12.3 Å². The van der Waals surface area contributed by atoms with Crippen LogP contribution < -0.4 is 10.6 Å². The van der Waals surface area contributed by atoms with Crippen LogP contribution in [0.4, 0.5) is 0 Å². The Morgan fingerprint density at radius 1 is 0.489 bits per heavy atom. The molecule has 47 heavy (non-hydrogen) atoms. The van der Waals surface area contributed by atoms with Gasteiger partial charge in [-0.25, -0.2) is 4.99 Å². The van der Waals surface area contributed by atoms with Crippen molar-refractivity contribution >= 4 is 38.5 Å². The third-order valence-corrected chi connectivity index (χ3v) is 9.16. The Bertz CT molecular complexity index is 2410. The van der Waals surface area contributed by atoms with E-state index in [4.69, 9.17) is 9.41 Å². The van der Waals surface area contributed by atoms with Crippen LogP contribution in [0.5, 0.6) is 0 Å². The molecule has 0 amide bonds. The number of nitrogens with zero attached hydrogens (tertiary/aromatic N) is 1. The molecule has 0 fully saturated rings. The van der Waals surface area contributed by atoms with Crippen LogP contribution in [0.25, 0.3) is 55.0 Å². The third-order valence-electron chi connectivity index (χ3n) is 9.16. The number of aliphatic imine (C=N–C) groups is 1. The minimum absolute atomic E-state index is 0.110. The summed E-state index contributed by atoms with van der Waals surface area (Å²) in [5.41, 5.74) is 9.76. The zero-order valence-electron chi connectivity index (χ0n) is 25.6. The van der Waals surface area contributed by atoms with Gasteiger partial charge in [-0.1, -0.05) is 140 Å². The molecule has 0 radical (unpaired) electrons. The Balaban J connectivity index is 1.05. The molecule has 8 aromatic rings. The van der Waals surface area contributed by atoms with Crippen LogP contribution >= 0.6 is 0 Å². The number of hydrogen-bond donors (Lipinski definition) is 2. The van der Waals surface area contributed by atoms with Gasteiger partial charge in [-0.15, -0.1) is 0 Å². The van der Waals surface area contributed by atoms with Gasteiger partial charge in [0.25, 0.3) is 0 Å². The molecule has 7 aromatic carbocycles. The summed E-state index contributed by atoms with van der Waals surface area (Å²) in [6.07, 6.45) is -0.274. The van der Waals surface area contributed by atoms with Gasteiger partial charge in [0, 0.05) is 16.3 Å². The van der Waals surface area contributed by atoms with Crippen LogP contribution in [0.15, 0.2) is 173 Å². The fourth-order valence-electron chi connectivity index (χ4n) is 6.75. The molecule has 0 aliphatic carbocycles. The SMILES string of the molecule is c1ccc(C2=NC(c3ccccc3)NC(c3ccc(-c4cccc5oc6cc(-c7ccc8ccccc8c7)ccc6c45)cc3)N2)cc1. The Kier molecular flexibility index (Phi) is 6.65. The average Bonchev–Trinajstić information content (AvgIpc) is 3.53. The lowest BCUT2D eigenvalue weighted by molar-refractivity contribution is 0.409. The van der Waals surface area contributed by atoms with E-state index in [0.29, 0.717) is 0 Å². The number of nitrogens with one attached hydrogen (secondary N) is 2. The van der Waals surface area contributed by atoms with E-state index in [1.807, 2.05) is 24.3 Å². The second-order valence-corrected chi connectivity index (χ2v) is 12.1. The number of amidine groups is 1. The first-order chi connectivity index (χ1) is 23.3. The first-order valence-electron chi connectivity index (χ1n) is 16.0. The summed E-state index contributed by atoms with van der Waals surface area (Å²) in [4.78, 5) is 5.04. The summed E-state index contributed by atoms with van der Waals surface area (Å²) in [5, 5.41) is 12.1. The second kappa shape index (κ2) is 11.4. The highest BCUT2D eigenvalue weighted by atomic mass is 16.3. The standard InChI is InChI=1S/C43H31N3O/c1-3-11-30(12-4-1)41-44-42(31-13-5-2-6-14-31)46-43(45-41)32-21-19-29(20-22-32)36-16-9-17-38-40(36)37-25-24-35(27-39(37)47-38)34-23-18-28-10-7-8-15-33(28)26-34/h1-27,41,43,45H,(H,44,46). The summed E-state index contributed by atoms with van der Waals surface area (Å²) in [6, 6.07) is 57.5. The molecule has 224 valence electrons. The number of hydrogen-bond acceptors (Lipinski definition) is 4. The molecular weight excluding hydrogens is 574 g/mol. The average molecular weight is 606 g/mol. The summed E-state index contributed by atoms with van der Waals surface area (Å²) in [7, 11) is 0. The lowest BCUT2D eigenvalue weighted by atomic mass is 9.96. The van der Waals surface area contributed by atoms with Crippen molar-refractivity contribution in [1.82, 2.24) is 10.6 Å². The molecule has 2 N–H and O–H groups in total. The van der Waals surface area contributed by atoms with Crippen LogP contribution in [0.1, 0.15) is 29.0 Å². The van der Waals surface area contributed by atoms with Crippen LogP contribution in [0, 0.1) is 0 Å². The molecule has 0 saturated carbocycles. The molecule has 9 rings (SSSR count). The summed E-state index contributed by atoms with van der Waals surface area (Å²) < 4.78 is 6.46. The maximum absolute atomic E-state index is 6.46. The van der Waals surface area contributed by atoms with Crippen molar-refractivity contribution < 1.29 is 4.42 Å². The number of fused-ring (bicyclic) bond motifs is 4. The number of benzene rings is 7. The smallest absolute Gasteiger partial charge is 0.136 e. The van der Waals surface area contributed by atoms with E-state index in [9.17, 15) is 0 Å². The highest BCUT2D eigenvalue weighted by molar-refractivity contribution is 6.13. The highest BCUT2D eigenvalue weighted by Gasteiger charge is 2.25. The molecule has 2 heterocycles. The summed E-state index contributed by atoms with van der Waals surface area (Å²) in [6.45, 7) is 0. The maximum Gasteiger partial charge on any atom is 0.136 e. The van der Waals surface area contributed by atoms with Crippen LogP contribution in [0.3, 0.4) is 0 Å². The summed E-state index contributed by atoms with van der Waals surface area (Å²) in [5.74, 6) is 0.880. The van der Waals surface area contributed by atoms with Crippen LogP contribution in [0.2, 0.25) is 0 Å². The number of furan rings is 1. The van der Waals surface area contributed by atoms with Crippen molar-refractivity contribution in [1.29, 1.82) is 0 Å². The Hall–Kier alpha value is -5.97. The zero-order valence-corrected chi connectivity index (χ0v) is 25.6. The molecule has 2 atom stereocenters. The number of rotatable bonds is 5. The van der Waals surface area contributed by atoms with Gasteiger partial charge in [0.2, 0.25) is 0 Å². The predicted octanol–water partition coefficient (Wildman–Crippen LogP) is 10.4. The van der Waals surface area contributed by atoms with Gasteiger partial charge in [0.1, 0.15) is 29.3 Å². The van der Waals surface area contributed by atoms with Crippen molar-refractivity contribution in [3.8, 4) is 22.3 Å². The fraction of sp³-hybridized carbons (Fsp3) is 0.0465. The normalized spacial score (nSPS) is 16.3. The first kappa shape index (κ1) is 27.3. The van der Waals surface area contributed by atoms with Crippen molar-refractivity contribution in [3.63, 3.8) is 0 Å². The fourth-order valence-corrected chi connectivity index (χ4v) is 6.75. The van der Waals surface area contributed by atoms with E-state index in [2.05, 4.69) is 150 Å². The lowest BCUT2D eigenvalue weighted by Crippen LogP contribution is -2.44. The van der Waals surface area contributed by atoms with E-state index >= 15 is 0 Å². The van der Waals surface area contributed by atoms with Crippen LogP contribution in [-0.2, 0) is 0 Å². The quantitative estimate of drug-likeness (QED) is 0.205. The van der Waals surface area contributed by atoms with E-state index in [1.165, 1.54) is 16.3 Å². The first-order valence-corrected chi connectivity index (χ1v) is 16.0. The van der Waals surface area contributed by atoms with Gasteiger partial charge >= 0.3 is 0 Å². The Morgan fingerprint density at radius 3 is 2.02 bits per heavy atom. The molecule has 0 saturated heterocycles. The second-order valence-electron chi connectivity index (χ2n) is 12.1. The predicted molar refractivity (Wildman–Crippen MR) is 193 cm³/mol. The van der Waals surface area contributed by atoms with Crippen molar-refractivity contribution in [3.05, 3.63) is 180 Å². The van der Waals surface area contributed by atoms with Gasteiger partial charge in [-0.3, -0.25) is 5.32 Å². The largest absolute Gasteiger partial charge is 0.456 e. The molecule has 4 heteroatoms. The Labute approximate surface area is 273 Å². The third kappa shape index (κ3) is 5.05. The van der Waals surface area contributed by atoms with E-state index in [0.717, 1.165) is 61.2 Å². The highest BCUT2D eigenvalue weighted by Crippen LogP contribution is 2.39. The summed E-state index contributed by atoms with van der Waals surface area (Å²) >= 11 is 0. The van der Waals surface area contributed by atoms with Crippen molar-refractivity contribution in [2.24, 2.45) is 4.99 Å². The zero-order chi connectivity index (χ0) is 31.2. The molecule has 0 bridgehead atoms. The molecular formula is C43H31N3O. The monoisotopic (exact) mass is 605 g/mol.